The SMILES string of the molecule is NC(=O)c1ccc(N)cc1NCC1(CO)CC1. The summed E-state index contributed by atoms with van der Waals surface area (Å²) in [6.45, 7) is 0.793. The number of nitrogens with one attached hydrogen (secondary N) is 1. The zero-order valence-electron chi connectivity index (χ0n) is 9.57. The number of hydrogen-bond acceptors (Lipinski definition) is 4. The van der Waals surface area contributed by atoms with E-state index >= 15 is 0 Å². The topological polar surface area (TPSA) is 101 Å². The molecule has 1 amide bonds. The van der Waals surface area contributed by atoms with E-state index < -0.39 is 5.91 Å². The zero-order valence-corrected chi connectivity index (χ0v) is 9.57. The van der Waals surface area contributed by atoms with Crippen LogP contribution in [0.2, 0.25) is 0 Å². The Morgan fingerprint density at radius 3 is 2.71 bits per heavy atom. The predicted molar refractivity (Wildman–Crippen MR) is 66.6 cm³/mol. The molecular formula is C12H17N3O2. The number of carbonyl (C=O) groups excluding carboxylic acids is 1. The largest absolute Gasteiger partial charge is 0.399 e. The van der Waals surface area contributed by atoms with Gasteiger partial charge in [0, 0.05) is 23.3 Å². The number of aliphatic hydroxyl groups excluding tert-OH is 1. The Bertz CT molecular complexity index is 441. The van der Waals surface area contributed by atoms with Gasteiger partial charge in [0.2, 0.25) is 0 Å². The van der Waals surface area contributed by atoms with Crippen LogP contribution in [0, 0.1) is 5.41 Å². The van der Waals surface area contributed by atoms with Crippen molar-refractivity contribution in [1.29, 1.82) is 0 Å². The zero-order chi connectivity index (χ0) is 12.5. The molecule has 0 heterocycles. The Kier molecular flexibility index (Phi) is 2.93. The van der Waals surface area contributed by atoms with Crippen LogP contribution < -0.4 is 16.8 Å². The highest BCUT2D eigenvalue weighted by atomic mass is 16.3. The van der Waals surface area contributed by atoms with Crippen molar-refractivity contribution in [2.24, 2.45) is 11.1 Å². The molecule has 0 atom stereocenters. The highest BCUT2D eigenvalue weighted by Crippen LogP contribution is 2.45. The van der Waals surface area contributed by atoms with E-state index in [1.165, 1.54) is 0 Å². The van der Waals surface area contributed by atoms with E-state index in [1.807, 2.05) is 0 Å². The van der Waals surface area contributed by atoms with Gasteiger partial charge >= 0.3 is 0 Å². The summed E-state index contributed by atoms with van der Waals surface area (Å²) in [6.07, 6.45) is 2.01. The molecule has 1 aliphatic rings. The normalized spacial score (nSPS) is 16.5. The Balaban J connectivity index is 2.13. The molecule has 2 rings (SSSR count). The van der Waals surface area contributed by atoms with Crippen molar-refractivity contribution >= 4 is 17.3 Å². The average Bonchev–Trinajstić information content (AvgIpc) is 3.07. The molecule has 5 nitrogen and oxygen atoms in total. The fourth-order valence-corrected chi connectivity index (χ4v) is 1.77. The molecule has 0 radical (unpaired) electrons. The number of nitrogens with two attached hydrogens (primary N) is 2. The van der Waals surface area contributed by atoms with E-state index in [-0.39, 0.29) is 12.0 Å². The molecule has 0 saturated heterocycles. The summed E-state index contributed by atoms with van der Waals surface area (Å²) >= 11 is 0. The molecule has 1 aliphatic carbocycles. The number of amides is 1. The van der Waals surface area contributed by atoms with Crippen LogP contribution in [-0.2, 0) is 0 Å². The smallest absolute Gasteiger partial charge is 0.250 e. The van der Waals surface area contributed by atoms with Crippen LogP contribution in [0.4, 0.5) is 11.4 Å². The third-order valence-electron chi connectivity index (χ3n) is 3.26. The first-order valence-corrected chi connectivity index (χ1v) is 5.60. The van der Waals surface area contributed by atoms with Crippen molar-refractivity contribution in [3.8, 4) is 0 Å². The minimum atomic E-state index is -0.485. The molecule has 6 N–H and O–H groups in total. The molecular weight excluding hydrogens is 218 g/mol. The summed E-state index contributed by atoms with van der Waals surface area (Å²) in [5.74, 6) is -0.485. The number of aliphatic hydroxyl groups is 1. The predicted octanol–water partition coefficient (Wildman–Crippen LogP) is 0.552. The van der Waals surface area contributed by atoms with Crippen molar-refractivity contribution in [2.45, 2.75) is 12.8 Å². The van der Waals surface area contributed by atoms with Gasteiger partial charge in [-0.05, 0) is 31.0 Å². The Morgan fingerprint density at radius 2 is 2.18 bits per heavy atom. The monoisotopic (exact) mass is 235 g/mol. The van der Waals surface area contributed by atoms with Gasteiger partial charge in [0.1, 0.15) is 0 Å². The summed E-state index contributed by atoms with van der Waals surface area (Å²) in [6, 6.07) is 4.94. The molecule has 5 heteroatoms. The van der Waals surface area contributed by atoms with Crippen LogP contribution in [0.5, 0.6) is 0 Å². The van der Waals surface area contributed by atoms with Crippen molar-refractivity contribution in [1.82, 2.24) is 0 Å². The maximum absolute atomic E-state index is 11.2. The van der Waals surface area contributed by atoms with Crippen molar-refractivity contribution in [2.75, 3.05) is 24.2 Å². The van der Waals surface area contributed by atoms with Gasteiger partial charge in [-0.15, -0.1) is 0 Å². The van der Waals surface area contributed by atoms with E-state index in [0.29, 0.717) is 23.5 Å². The summed E-state index contributed by atoms with van der Waals surface area (Å²) < 4.78 is 0. The second-order valence-electron chi connectivity index (χ2n) is 4.68. The van der Waals surface area contributed by atoms with E-state index in [0.717, 1.165) is 12.8 Å². The molecule has 0 aromatic heterocycles. The Morgan fingerprint density at radius 1 is 1.47 bits per heavy atom. The molecule has 1 saturated carbocycles. The first-order valence-electron chi connectivity index (χ1n) is 5.60. The second kappa shape index (κ2) is 4.25. The Labute approximate surface area is 99.8 Å². The molecule has 0 aliphatic heterocycles. The van der Waals surface area contributed by atoms with Gasteiger partial charge in [-0.1, -0.05) is 0 Å². The maximum Gasteiger partial charge on any atom is 0.250 e. The van der Waals surface area contributed by atoms with Crippen LogP contribution in [-0.4, -0.2) is 24.2 Å². The van der Waals surface area contributed by atoms with Crippen molar-refractivity contribution < 1.29 is 9.90 Å². The fourth-order valence-electron chi connectivity index (χ4n) is 1.77. The molecule has 1 fully saturated rings. The van der Waals surface area contributed by atoms with E-state index in [4.69, 9.17) is 11.5 Å². The number of carbonyl (C=O) groups is 1. The van der Waals surface area contributed by atoms with Crippen molar-refractivity contribution in [3.63, 3.8) is 0 Å². The van der Waals surface area contributed by atoms with Crippen LogP contribution in [0.3, 0.4) is 0 Å². The average molecular weight is 235 g/mol. The second-order valence-corrected chi connectivity index (χ2v) is 4.68. The molecule has 17 heavy (non-hydrogen) atoms. The van der Waals surface area contributed by atoms with Crippen LogP contribution in [0.25, 0.3) is 0 Å². The fraction of sp³-hybridized carbons (Fsp3) is 0.417. The number of anilines is 2. The lowest BCUT2D eigenvalue weighted by atomic mass is 10.1. The molecule has 0 unspecified atom stereocenters. The summed E-state index contributed by atoms with van der Waals surface area (Å²) in [4.78, 5) is 11.2. The third-order valence-corrected chi connectivity index (χ3v) is 3.26. The van der Waals surface area contributed by atoms with Gasteiger partial charge in [0.25, 0.3) is 5.91 Å². The van der Waals surface area contributed by atoms with E-state index in [9.17, 15) is 9.90 Å². The number of nitrogen functional groups attached to an aromatic ring is 1. The van der Waals surface area contributed by atoms with Gasteiger partial charge in [-0.3, -0.25) is 4.79 Å². The van der Waals surface area contributed by atoms with Gasteiger partial charge in [-0.25, -0.2) is 0 Å². The summed E-state index contributed by atoms with van der Waals surface area (Å²) in [5.41, 5.74) is 12.6. The molecule has 1 aromatic rings. The van der Waals surface area contributed by atoms with Crippen LogP contribution in [0.1, 0.15) is 23.2 Å². The molecule has 92 valence electrons. The quantitative estimate of drug-likeness (QED) is 0.560. The number of primary amides is 1. The lowest BCUT2D eigenvalue weighted by molar-refractivity contribution is 0.100. The first-order chi connectivity index (χ1) is 8.06. The first kappa shape index (κ1) is 11.7. The minimum absolute atomic E-state index is 0.0283. The number of hydrogen-bond donors (Lipinski definition) is 4. The highest BCUT2D eigenvalue weighted by molar-refractivity contribution is 5.99. The van der Waals surface area contributed by atoms with Gasteiger partial charge in [-0.2, -0.15) is 0 Å². The van der Waals surface area contributed by atoms with Gasteiger partial charge in [0.15, 0.2) is 0 Å². The number of rotatable bonds is 5. The lowest BCUT2D eigenvalue weighted by Crippen LogP contribution is -2.21. The maximum atomic E-state index is 11.2. The lowest BCUT2D eigenvalue weighted by Gasteiger charge is -2.16. The summed E-state index contributed by atoms with van der Waals surface area (Å²) in [7, 11) is 0. The standard InChI is InChI=1S/C12H17N3O2/c13-8-1-2-9(11(14)17)10(5-8)15-6-12(7-16)3-4-12/h1-2,5,15-16H,3-4,6-7,13H2,(H2,14,17). The Hall–Kier alpha value is -1.75. The van der Waals surface area contributed by atoms with E-state index in [2.05, 4.69) is 5.32 Å². The molecule has 1 aromatic carbocycles. The minimum Gasteiger partial charge on any atom is -0.399 e. The highest BCUT2D eigenvalue weighted by Gasteiger charge is 2.41. The van der Waals surface area contributed by atoms with Gasteiger partial charge in [0.05, 0.1) is 12.2 Å². The molecule has 0 spiro atoms. The van der Waals surface area contributed by atoms with Gasteiger partial charge < -0.3 is 21.9 Å². The number of benzene rings is 1. The van der Waals surface area contributed by atoms with Crippen molar-refractivity contribution in [3.05, 3.63) is 23.8 Å². The third kappa shape index (κ3) is 2.50. The van der Waals surface area contributed by atoms with E-state index in [1.54, 1.807) is 18.2 Å². The van der Waals surface area contributed by atoms with Crippen LogP contribution >= 0.6 is 0 Å². The molecule has 0 bridgehead atoms. The van der Waals surface area contributed by atoms with Crippen LogP contribution in [0.15, 0.2) is 18.2 Å². The summed E-state index contributed by atoms with van der Waals surface area (Å²) in [5, 5.41) is 12.4.